The van der Waals surface area contributed by atoms with Gasteiger partial charge in [-0.15, -0.1) is 0 Å². The smallest absolute Gasteiger partial charge is 0.314 e. The number of amides is 3. The van der Waals surface area contributed by atoms with Crippen molar-refractivity contribution in [1.82, 2.24) is 20.4 Å². The molecule has 1 rings (SSSR count). The van der Waals surface area contributed by atoms with Crippen molar-refractivity contribution in [2.24, 2.45) is 11.1 Å². The van der Waals surface area contributed by atoms with E-state index in [2.05, 4.69) is 15.7 Å². The average molecular weight is 295 g/mol. The number of nitrogens with zero attached hydrogens (tertiary/aromatic N) is 2. The third-order valence-corrected chi connectivity index (χ3v) is 3.29. The number of urea groups is 1. The van der Waals surface area contributed by atoms with Gasteiger partial charge in [-0.3, -0.25) is 9.48 Å². The summed E-state index contributed by atoms with van der Waals surface area (Å²) in [5, 5.41) is 9.74. The van der Waals surface area contributed by atoms with Gasteiger partial charge in [0.2, 0.25) is 5.91 Å². The fraction of sp³-hybridized carbons (Fsp3) is 0.643. The molecule has 1 heterocycles. The third-order valence-electron chi connectivity index (χ3n) is 3.29. The van der Waals surface area contributed by atoms with Crippen molar-refractivity contribution in [1.29, 1.82) is 0 Å². The lowest BCUT2D eigenvalue weighted by molar-refractivity contribution is -0.125. The van der Waals surface area contributed by atoms with Crippen LogP contribution in [0.15, 0.2) is 6.07 Å². The van der Waals surface area contributed by atoms with Gasteiger partial charge in [0.15, 0.2) is 0 Å². The van der Waals surface area contributed by atoms with Crippen LogP contribution in [-0.4, -0.2) is 34.8 Å². The quantitative estimate of drug-likeness (QED) is 0.645. The monoisotopic (exact) mass is 295 g/mol. The van der Waals surface area contributed by atoms with Crippen molar-refractivity contribution in [3.05, 3.63) is 17.5 Å². The van der Waals surface area contributed by atoms with Crippen molar-refractivity contribution in [3.8, 4) is 0 Å². The van der Waals surface area contributed by atoms with E-state index in [4.69, 9.17) is 5.73 Å². The summed E-state index contributed by atoms with van der Waals surface area (Å²) in [6.07, 6.45) is 0.786. The Morgan fingerprint density at radius 2 is 2.00 bits per heavy atom. The first kappa shape index (κ1) is 17.0. The van der Waals surface area contributed by atoms with Gasteiger partial charge in [-0.2, -0.15) is 5.10 Å². The highest BCUT2D eigenvalue weighted by atomic mass is 16.2. The lowest BCUT2D eigenvalue weighted by Crippen LogP contribution is -2.45. The number of hydrogen-bond acceptors (Lipinski definition) is 3. The van der Waals surface area contributed by atoms with Gasteiger partial charge in [0.05, 0.1) is 11.1 Å². The molecular formula is C14H25N5O2. The molecule has 0 saturated heterocycles. The zero-order valence-corrected chi connectivity index (χ0v) is 13.2. The Bertz CT molecular complexity index is 507. The van der Waals surface area contributed by atoms with Crippen molar-refractivity contribution in [2.75, 3.05) is 13.1 Å². The molecule has 0 aliphatic heterocycles. The second-order valence-corrected chi connectivity index (χ2v) is 5.86. The first-order chi connectivity index (χ1) is 9.72. The molecule has 21 heavy (non-hydrogen) atoms. The summed E-state index contributed by atoms with van der Waals surface area (Å²) in [6.45, 7) is 8.86. The van der Waals surface area contributed by atoms with E-state index in [1.54, 1.807) is 13.8 Å². The molecule has 4 N–H and O–H groups in total. The van der Waals surface area contributed by atoms with Crippen LogP contribution in [0.4, 0.5) is 4.79 Å². The summed E-state index contributed by atoms with van der Waals surface area (Å²) < 4.78 is 1.92. The van der Waals surface area contributed by atoms with Gasteiger partial charge in [-0.05, 0) is 40.2 Å². The molecule has 0 bridgehead atoms. The van der Waals surface area contributed by atoms with E-state index in [1.165, 1.54) is 0 Å². The molecule has 0 spiro atoms. The molecule has 0 unspecified atom stereocenters. The molecule has 0 atom stereocenters. The highest BCUT2D eigenvalue weighted by molar-refractivity contribution is 5.81. The fourth-order valence-corrected chi connectivity index (χ4v) is 1.78. The minimum absolute atomic E-state index is 0.214. The Labute approximate surface area is 125 Å². The zero-order chi connectivity index (χ0) is 16.0. The summed E-state index contributed by atoms with van der Waals surface area (Å²) in [5.41, 5.74) is 6.59. The minimum atomic E-state index is -0.749. The number of carbonyl (C=O) groups is 2. The van der Waals surface area contributed by atoms with E-state index in [0.29, 0.717) is 6.54 Å². The molecule has 7 heteroatoms. The van der Waals surface area contributed by atoms with Crippen molar-refractivity contribution < 1.29 is 9.59 Å². The second kappa shape index (κ2) is 7.10. The van der Waals surface area contributed by atoms with Crippen LogP contribution >= 0.6 is 0 Å². The highest BCUT2D eigenvalue weighted by Gasteiger charge is 2.25. The van der Waals surface area contributed by atoms with Crippen LogP contribution in [0.3, 0.4) is 0 Å². The molecule has 7 nitrogen and oxygen atoms in total. The molecule has 118 valence electrons. The maximum absolute atomic E-state index is 11.6. The van der Waals surface area contributed by atoms with E-state index >= 15 is 0 Å². The van der Waals surface area contributed by atoms with Crippen LogP contribution < -0.4 is 16.4 Å². The summed E-state index contributed by atoms with van der Waals surface area (Å²) in [6, 6.07) is 1.73. The summed E-state index contributed by atoms with van der Waals surface area (Å²) >= 11 is 0. The Morgan fingerprint density at radius 1 is 1.33 bits per heavy atom. The lowest BCUT2D eigenvalue weighted by Gasteiger charge is -2.20. The second-order valence-electron chi connectivity index (χ2n) is 5.86. The maximum Gasteiger partial charge on any atom is 0.314 e. The van der Waals surface area contributed by atoms with Gasteiger partial charge >= 0.3 is 6.03 Å². The molecule has 0 radical (unpaired) electrons. The van der Waals surface area contributed by atoms with Crippen molar-refractivity contribution in [2.45, 2.75) is 40.7 Å². The van der Waals surface area contributed by atoms with E-state index in [0.717, 1.165) is 24.4 Å². The van der Waals surface area contributed by atoms with Gasteiger partial charge in [0.1, 0.15) is 0 Å². The summed E-state index contributed by atoms with van der Waals surface area (Å²) in [7, 11) is 0. The molecule has 1 aromatic rings. The van der Waals surface area contributed by atoms with Crippen molar-refractivity contribution >= 4 is 11.9 Å². The number of aromatic nitrogens is 2. The number of carbonyl (C=O) groups excluding carboxylic acids is 2. The van der Waals surface area contributed by atoms with E-state index in [1.807, 2.05) is 24.6 Å². The largest absolute Gasteiger partial charge is 0.369 e. The van der Waals surface area contributed by atoms with E-state index in [-0.39, 0.29) is 12.6 Å². The first-order valence-corrected chi connectivity index (χ1v) is 7.05. The highest BCUT2D eigenvalue weighted by Crippen LogP contribution is 2.11. The average Bonchev–Trinajstić information content (AvgIpc) is 2.70. The molecule has 0 aliphatic rings. The summed E-state index contributed by atoms with van der Waals surface area (Å²) in [5.74, 6) is -0.438. The maximum atomic E-state index is 11.6. The van der Waals surface area contributed by atoms with Crippen LogP contribution in [0.25, 0.3) is 0 Å². The first-order valence-electron chi connectivity index (χ1n) is 7.05. The molecule has 3 amide bonds. The number of nitrogens with one attached hydrogen (secondary N) is 2. The van der Waals surface area contributed by atoms with Gasteiger partial charge < -0.3 is 16.4 Å². The fourth-order valence-electron chi connectivity index (χ4n) is 1.78. The lowest BCUT2D eigenvalue weighted by atomic mass is 9.93. The normalized spacial score (nSPS) is 11.2. The Hall–Kier alpha value is -2.05. The number of hydrogen-bond donors (Lipinski definition) is 3. The van der Waals surface area contributed by atoms with Gasteiger partial charge in [-0.1, -0.05) is 0 Å². The van der Waals surface area contributed by atoms with Crippen LogP contribution in [-0.2, 0) is 11.3 Å². The topological polar surface area (TPSA) is 102 Å². The van der Waals surface area contributed by atoms with Gasteiger partial charge in [0.25, 0.3) is 0 Å². The number of rotatable bonds is 7. The molecule has 0 fully saturated rings. The van der Waals surface area contributed by atoms with Crippen LogP contribution in [0.2, 0.25) is 0 Å². The Morgan fingerprint density at radius 3 is 2.52 bits per heavy atom. The number of primary amides is 1. The Balaban J connectivity index is 2.22. The number of aryl methyl sites for hydroxylation is 3. The van der Waals surface area contributed by atoms with Gasteiger partial charge in [-0.25, -0.2) is 4.79 Å². The molecule has 0 saturated carbocycles. The SMILES string of the molecule is Cc1cc(C)n(CCCNC(=O)NCC(C)(C)C(N)=O)n1. The van der Waals surface area contributed by atoms with Gasteiger partial charge in [0, 0.05) is 25.3 Å². The number of nitrogens with two attached hydrogens (primary N) is 1. The van der Waals surface area contributed by atoms with Crippen LogP contribution in [0, 0.1) is 19.3 Å². The van der Waals surface area contributed by atoms with Crippen LogP contribution in [0.5, 0.6) is 0 Å². The zero-order valence-electron chi connectivity index (χ0n) is 13.2. The molecule has 0 aliphatic carbocycles. The Kier molecular flexibility index (Phi) is 5.75. The predicted molar refractivity (Wildman–Crippen MR) is 80.7 cm³/mol. The molecular weight excluding hydrogens is 270 g/mol. The van der Waals surface area contributed by atoms with E-state index in [9.17, 15) is 9.59 Å². The van der Waals surface area contributed by atoms with Crippen LogP contribution in [0.1, 0.15) is 31.7 Å². The summed E-state index contributed by atoms with van der Waals surface area (Å²) in [4.78, 5) is 22.7. The molecule has 1 aromatic heterocycles. The third kappa shape index (κ3) is 5.45. The van der Waals surface area contributed by atoms with E-state index < -0.39 is 11.3 Å². The van der Waals surface area contributed by atoms with Crippen molar-refractivity contribution in [3.63, 3.8) is 0 Å². The predicted octanol–water partition coefficient (Wildman–Crippen LogP) is 0.701. The molecule has 0 aromatic carbocycles. The standard InChI is InChI=1S/C14H25N5O2/c1-10-8-11(2)19(18-10)7-5-6-16-13(21)17-9-14(3,4)12(15)20/h8H,5-7,9H2,1-4H3,(H2,15,20)(H2,16,17,21). The minimum Gasteiger partial charge on any atom is -0.369 e.